The Kier molecular flexibility index (Phi) is 4.43. The zero-order chi connectivity index (χ0) is 12.3. The minimum absolute atomic E-state index is 0.488. The van der Waals surface area contributed by atoms with Crippen molar-refractivity contribution in [2.24, 2.45) is 5.92 Å². The first-order valence-electron chi connectivity index (χ1n) is 6.21. The minimum atomic E-state index is 0.488. The zero-order valence-corrected chi connectivity index (χ0v) is 11.3. The number of aryl methyl sites for hydroxylation is 1. The Balaban J connectivity index is 1.93. The number of nitrogens with one attached hydrogen (secondary N) is 1. The number of fused-ring (bicyclic) bond motifs is 1. The van der Waals surface area contributed by atoms with E-state index in [-0.39, 0.29) is 0 Å². The molecule has 0 heterocycles. The summed E-state index contributed by atoms with van der Waals surface area (Å²) in [7, 11) is 1.75. The van der Waals surface area contributed by atoms with Crippen molar-refractivity contribution in [3.05, 3.63) is 34.3 Å². The van der Waals surface area contributed by atoms with Crippen LogP contribution in [0.4, 0.5) is 0 Å². The van der Waals surface area contributed by atoms with E-state index in [1.807, 2.05) is 6.07 Å². The molecule has 1 aliphatic rings. The number of rotatable bonds is 5. The van der Waals surface area contributed by atoms with Gasteiger partial charge in [-0.3, -0.25) is 0 Å². The van der Waals surface area contributed by atoms with Crippen molar-refractivity contribution in [3.8, 4) is 0 Å². The van der Waals surface area contributed by atoms with E-state index in [0.717, 1.165) is 24.6 Å². The summed E-state index contributed by atoms with van der Waals surface area (Å²) in [5, 5.41) is 4.46. The van der Waals surface area contributed by atoms with Gasteiger partial charge >= 0.3 is 0 Å². The number of hydrogen-bond acceptors (Lipinski definition) is 2. The molecule has 0 fully saturated rings. The number of benzene rings is 1. The molecular formula is C14H20ClNO. The fraction of sp³-hybridized carbons (Fsp3) is 0.571. The number of hydrogen-bond donors (Lipinski definition) is 1. The van der Waals surface area contributed by atoms with Crippen LogP contribution < -0.4 is 5.32 Å². The quantitative estimate of drug-likeness (QED) is 0.870. The molecule has 17 heavy (non-hydrogen) atoms. The van der Waals surface area contributed by atoms with Crippen molar-refractivity contribution in [1.82, 2.24) is 5.32 Å². The Morgan fingerprint density at radius 1 is 1.53 bits per heavy atom. The summed E-state index contributed by atoms with van der Waals surface area (Å²) < 4.78 is 5.15. The predicted molar refractivity (Wildman–Crippen MR) is 71.6 cm³/mol. The van der Waals surface area contributed by atoms with Gasteiger partial charge in [0.1, 0.15) is 0 Å². The lowest BCUT2D eigenvalue weighted by molar-refractivity contribution is 0.157. The molecule has 3 heteroatoms. The van der Waals surface area contributed by atoms with E-state index < -0.39 is 0 Å². The Morgan fingerprint density at radius 3 is 3.12 bits per heavy atom. The van der Waals surface area contributed by atoms with Crippen molar-refractivity contribution in [2.45, 2.75) is 25.8 Å². The molecule has 0 saturated carbocycles. The van der Waals surface area contributed by atoms with Crippen molar-refractivity contribution in [3.63, 3.8) is 0 Å². The Bertz CT molecular complexity index is 380. The molecule has 0 saturated heterocycles. The highest BCUT2D eigenvalue weighted by Crippen LogP contribution is 2.32. The molecule has 0 radical (unpaired) electrons. The van der Waals surface area contributed by atoms with Crippen molar-refractivity contribution < 1.29 is 4.74 Å². The lowest BCUT2D eigenvalue weighted by Crippen LogP contribution is -2.26. The van der Waals surface area contributed by atoms with Crippen LogP contribution in [-0.4, -0.2) is 20.3 Å². The van der Waals surface area contributed by atoms with Gasteiger partial charge in [-0.15, -0.1) is 0 Å². The molecule has 2 nitrogen and oxygen atoms in total. The Morgan fingerprint density at radius 2 is 2.35 bits per heavy atom. The second-order valence-electron chi connectivity index (χ2n) is 4.90. The van der Waals surface area contributed by atoms with Crippen molar-refractivity contribution in [2.75, 3.05) is 20.3 Å². The van der Waals surface area contributed by atoms with Crippen LogP contribution in [0.25, 0.3) is 0 Å². The maximum Gasteiger partial charge on any atom is 0.0499 e. The lowest BCUT2D eigenvalue weighted by Gasteiger charge is -2.17. The van der Waals surface area contributed by atoms with Gasteiger partial charge in [-0.05, 0) is 42.0 Å². The molecule has 0 bridgehead atoms. The maximum atomic E-state index is 6.00. The molecule has 2 unspecified atom stereocenters. The van der Waals surface area contributed by atoms with Crippen LogP contribution in [-0.2, 0) is 11.2 Å². The highest BCUT2D eigenvalue weighted by atomic mass is 35.5. The van der Waals surface area contributed by atoms with Gasteiger partial charge in [-0.2, -0.15) is 0 Å². The summed E-state index contributed by atoms with van der Waals surface area (Å²) in [6.45, 7) is 4.02. The molecular weight excluding hydrogens is 234 g/mol. The van der Waals surface area contributed by atoms with E-state index >= 15 is 0 Å². The minimum Gasteiger partial charge on any atom is -0.384 e. The third-order valence-electron chi connectivity index (χ3n) is 3.35. The number of methoxy groups -OCH3 is 1. The van der Waals surface area contributed by atoms with Crippen LogP contribution in [0.3, 0.4) is 0 Å². The summed E-state index contributed by atoms with van der Waals surface area (Å²) in [5.74, 6) is 0.552. The van der Waals surface area contributed by atoms with Gasteiger partial charge in [0.15, 0.2) is 0 Å². The molecule has 0 amide bonds. The van der Waals surface area contributed by atoms with Gasteiger partial charge in [0.2, 0.25) is 0 Å². The molecule has 2 atom stereocenters. The fourth-order valence-electron chi connectivity index (χ4n) is 2.49. The van der Waals surface area contributed by atoms with Gasteiger partial charge in [0.05, 0.1) is 0 Å². The molecule has 1 aromatic carbocycles. The first-order chi connectivity index (χ1) is 8.20. The van der Waals surface area contributed by atoms with E-state index in [2.05, 4.69) is 24.4 Å². The van der Waals surface area contributed by atoms with E-state index in [1.165, 1.54) is 17.5 Å². The molecule has 94 valence electrons. The monoisotopic (exact) mass is 253 g/mol. The van der Waals surface area contributed by atoms with E-state index in [0.29, 0.717) is 12.0 Å². The summed E-state index contributed by atoms with van der Waals surface area (Å²) >= 11 is 6.00. The molecule has 1 N–H and O–H groups in total. The van der Waals surface area contributed by atoms with Gasteiger partial charge in [-0.1, -0.05) is 24.6 Å². The summed E-state index contributed by atoms with van der Waals surface area (Å²) in [6.07, 6.45) is 2.31. The molecule has 0 spiro atoms. The van der Waals surface area contributed by atoms with Crippen LogP contribution in [0, 0.1) is 5.92 Å². The van der Waals surface area contributed by atoms with E-state index in [4.69, 9.17) is 16.3 Å². The zero-order valence-electron chi connectivity index (χ0n) is 10.5. The first-order valence-corrected chi connectivity index (χ1v) is 6.59. The normalized spacial score (nSPS) is 20.3. The highest BCUT2D eigenvalue weighted by Gasteiger charge is 2.22. The number of halogens is 1. The first kappa shape index (κ1) is 12.9. The maximum absolute atomic E-state index is 6.00. The highest BCUT2D eigenvalue weighted by molar-refractivity contribution is 6.30. The van der Waals surface area contributed by atoms with Crippen LogP contribution in [0.2, 0.25) is 5.02 Å². The van der Waals surface area contributed by atoms with Crippen molar-refractivity contribution in [1.29, 1.82) is 0 Å². The van der Waals surface area contributed by atoms with Crippen LogP contribution in [0.5, 0.6) is 0 Å². The summed E-state index contributed by atoms with van der Waals surface area (Å²) in [4.78, 5) is 0. The topological polar surface area (TPSA) is 21.3 Å². The average Bonchev–Trinajstić information content (AvgIpc) is 2.69. The average molecular weight is 254 g/mol. The van der Waals surface area contributed by atoms with Gasteiger partial charge < -0.3 is 10.1 Å². The van der Waals surface area contributed by atoms with Crippen molar-refractivity contribution >= 4 is 11.6 Å². The molecule has 2 rings (SSSR count). The fourth-order valence-corrected chi connectivity index (χ4v) is 2.68. The van der Waals surface area contributed by atoms with Crippen LogP contribution in [0.15, 0.2) is 18.2 Å². The van der Waals surface area contributed by atoms with Gasteiger partial charge in [-0.25, -0.2) is 0 Å². The Hall–Kier alpha value is -0.570. The lowest BCUT2D eigenvalue weighted by atomic mass is 10.1. The smallest absolute Gasteiger partial charge is 0.0499 e. The molecule has 0 aliphatic heterocycles. The van der Waals surface area contributed by atoms with Crippen LogP contribution >= 0.6 is 11.6 Å². The molecule has 1 aromatic rings. The number of ether oxygens (including phenoxy) is 1. The Labute approximate surface area is 108 Å². The summed E-state index contributed by atoms with van der Waals surface area (Å²) in [6, 6.07) is 6.72. The SMILES string of the molecule is COCC(C)CNC1CCc2cc(Cl)ccc21. The molecule has 0 aromatic heterocycles. The van der Waals surface area contributed by atoms with Gasteiger partial charge in [0.25, 0.3) is 0 Å². The standard InChI is InChI=1S/C14H20ClNO/c1-10(9-17-2)8-16-14-6-3-11-7-12(15)4-5-13(11)14/h4-5,7,10,14,16H,3,6,8-9H2,1-2H3. The second kappa shape index (κ2) is 5.85. The largest absolute Gasteiger partial charge is 0.384 e. The van der Waals surface area contributed by atoms with E-state index in [9.17, 15) is 0 Å². The van der Waals surface area contributed by atoms with Crippen LogP contribution in [0.1, 0.15) is 30.5 Å². The van der Waals surface area contributed by atoms with E-state index in [1.54, 1.807) is 7.11 Å². The third-order valence-corrected chi connectivity index (χ3v) is 3.58. The predicted octanol–water partition coefficient (Wildman–Crippen LogP) is 3.20. The van der Waals surface area contributed by atoms with Gasteiger partial charge in [0, 0.05) is 31.3 Å². The summed E-state index contributed by atoms with van der Waals surface area (Å²) in [5.41, 5.74) is 2.81. The molecule has 1 aliphatic carbocycles. The second-order valence-corrected chi connectivity index (χ2v) is 5.34. The third kappa shape index (κ3) is 3.21.